The fourth-order valence-electron chi connectivity index (χ4n) is 2.19. The molecule has 0 saturated carbocycles. The largest absolute Gasteiger partial charge is 0.504 e. The first kappa shape index (κ1) is 18.7. The van der Waals surface area contributed by atoms with Crippen molar-refractivity contribution in [3.8, 4) is 17.6 Å². The normalized spacial score (nSPS) is 11.9. The Labute approximate surface area is 144 Å². The second kappa shape index (κ2) is 6.72. The summed E-state index contributed by atoms with van der Waals surface area (Å²) in [5.41, 5.74) is -2.97. The molecule has 0 aliphatic rings. The van der Waals surface area contributed by atoms with Crippen LogP contribution in [0.2, 0.25) is 0 Å². The lowest BCUT2D eigenvalue weighted by Gasteiger charge is -2.12. The first-order valence-corrected chi connectivity index (χ1v) is 6.91. The topological polar surface area (TPSA) is 120 Å². The molecule has 0 aliphatic heterocycles. The number of nitro benzene ring substituents is 1. The molecule has 0 saturated heterocycles. The lowest BCUT2D eigenvalue weighted by Crippen LogP contribution is -2.10. The summed E-state index contributed by atoms with van der Waals surface area (Å²) in [6.07, 6.45) is -2.95. The number of phenolic OH excluding ortho intramolecular Hbond substituents is 2. The molecule has 1 heterocycles. The maximum absolute atomic E-state index is 13.2. The number of hydrogen-bond acceptors (Lipinski definition) is 6. The number of aryl methyl sites for hydroxylation is 1. The Morgan fingerprint density at radius 1 is 1.35 bits per heavy atom. The van der Waals surface area contributed by atoms with Crippen LogP contribution in [-0.2, 0) is 6.18 Å². The number of nitro groups is 1. The molecule has 134 valence electrons. The van der Waals surface area contributed by atoms with Gasteiger partial charge in [-0.15, -0.1) is 0 Å². The summed E-state index contributed by atoms with van der Waals surface area (Å²) < 4.78 is 39.7. The van der Waals surface area contributed by atoms with E-state index in [0.717, 1.165) is 30.5 Å². The first-order chi connectivity index (χ1) is 12.0. The predicted molar refractivity (Wildman–Crippen MR) is 83.9 cm³/mol. The molecule has 1 aromatic heterocycles. The average molecular weight is 365 g/mol. The highest BCUT2D eigenvalue weighted by molar-refractivity contribution is 5.91. The Morgan fingerprint density at radius 2 is 2.00 bits per heavy atom. The zero-order valence-corrected chi connectivity index (χ0v) is 13.1. The van der Waals surface area contributed by atoms with Crippen molar-refractivity contribution < 1.29 is 28.3 Å². The summed E-state index contributed by atoms with van der Waals surface area (Å²) in [4.78, 5) is 13.6. The van der Waals surface area contributed by atoms with E-state index >= 15 is 0 Å². The number of nitriles is 1. The molecule has 0 amide bonds. The fraction of sp³-hybridized carbons (Fsp3) is 0.125. The predicted octanol–water partition coefficient (Wildman–Crippen LogP) is 3.79. The summed E-state index contributed by atoms with van der Waals surface area (Å²) >= 11 is 0. The molecule has 2 aromatic rings. The third kappa shape index (κ3) is 3.72. The minimum atomic E-state index is -4.75. The van der Waals surface area contributed by atoms with Crippen LogP contribution in [0.1, 0.15) is 22.4 Å². The molecule has 0 unspecified atom stereocenters. The molecule has 0 aliphatic carbocycles. The van der Waals surface area contributed by atoms with Gasteiger partial charge in [-0.3, -0.25) is 15.1 Å². The van der Waals surface area contributed by atoms with Crippen LogP contribution in [0.5, 0.6) is 11.5 Å². The van der Waals surface area contributed by atoms with Crippen molar-refractivity contribution in [2.24, 2.45) is 0 Å². The van der Waals surface area contributed by atoms with E-state index in [9.17, 15) is 38.8 Å². The van der Waals surface area contributed by atoms with Crippen LogP contribution < -0.4 is 0 Å². The summed E-state index contributed by atoms with van der Waals surface area (Å²) in [7, 11) is 0. The number of pyridine rings is 1. The Hall–Kier alpha value is -3.61. The van der Waals surface area contributed by atoms with Gasteiger partial charge in [0.15, 0.2) is 5.75 Å². The first-order valence-electron chi connectivity index (χ1n) is 6.91. The molecular weight excluding hydrogens is 355 g/mol. The summed E-state index contributed by atoms with van der Waals surface area (Å²) in [6.45, 7) is 1.36. The molecule has 10 heteroatoms. The van der Waals surface area contributed by atoms with E-state index in [1.165, 1.54) is 6.92 Å². The van der Waals surface area contributed by atoms with Crippen molar-refractivity contribution in [3.05, 3.63) is 56.9 Å². The van der Waals surface area contributed by atoms with Crippen molar-refractivity contribution in [1.29, 1.82) is 5.26 Å². The number of halogens is 3. The number of aromatic hydroxyl groups is 2. The van der Waals surface area contributed by atoms with E-state index in [2.05, 4.69) is 4.98 Å². The number of alkyl halides is 3. The lowest BCUT2D eigenvalue weighted by atomic mass is 9.99. The number of allylic oxidation sites excluding steroid dienone is 1. The molecule has 0 bridgehead atoms. The van der Waals surface area contributed by atoms with Crippen molar-refractivity contribution in [2.45, 2.75) is 13.1 Å². The Kier molecular flexibility index (Phi) is 4.84. The smallest absolute Gasteiger partial charge is 0.417 e. The summed E-state index contributed by atoms with van der Waals surface area (Å²) in [5.74, 6) is -1.83. The molecule has 7 nitrogen and oxygen atoms in total. The van der Waals surface area contributed by atoms with Gasteiger partial charge in [0.2, 0.25) is 5.75 Å². The van der Waals surface area contributed by atoms with E-state index in [4.69, 9.17) is 0 Å². The van der Waals surface area contributed by atoms with Gasteiger partial charge in [0.25, 0.3) is 0 Å². The zero-order valence-electron chi connectivity index (χ0n) is 13.1. The summed E-state index contributed by atoms with van der Waals surface area (Å²) in [5, 5.41) is 39.1. The quantitative estimate of drug-likeness (QED) is 0.369. The van der Waals surface area contributed by atoms with Crippen molar-refractivity contribution in [1.82, 2.24) is 4.98 Å². The number of aromatic nitrogens is 1. The summed E-state index contributed by atoms with van der Waals surface area (Å²) in [6, 6.07) is 4.07. The van der Waals surface area contributed by atoms with Gasteiger partial charge in [0.05, 0.1) is 22.1 Å². The SMILES string of the molecule is Cc1cc(C(F)(F)F)c(/C(C#N)=C/c2cc(O)c(O)c([N+](=O)[O-])c2)cn1. The van der Waals surface area contributed by atoms with Crippen LogP contribution in [0, 0.1) is 28.4 Å². The van der Waals surface area contributed by atoms with Crippen molar-refractivity contribution >= 4 is 17.3 Å². The maximum Gasteiger partial charge on any atom is 0.417 e. The molecule has 26 heavy (non-hydrogen) atoms. The van der Waals surface area contributed by atoms with E-state index in [1.54, 1.807) is 6.07 Å². The van der Waals surface area contributed by atoms with Gasteiger partial charge in [-0.2, -0.15) is 18.4 Å². The van der Waals surface area contributed by atoms with Crippen LogP contribution in [0.15, 0.2) is 24.4 Å². The minimum absolute atomic E-state index is 0.0938. The second-order valence-electron chi connectivity index (χ2n) is 5.20. The number of phenols is 2. The number of nitrogens with zero attached hydrogens (tertiary/aromatic N) is 3. The molecular formula is C16H10F3N3O4. The highest BCUT2D eigenvalue weighted by Gasteiger charge is 2.34. The van der Waals surface area contributed by atoms with E-state index < -0.39 is 45.0 Å². The molecule has 0 fully saturated rings. The fourth-order valence-corrected chi connectivity index (χ4v) is 2.19. The Bertz CT molecular complexity index is 962. The molecule has 2 rings (SSSR count). The van der Waals surface area contributed by atoms with E-state index in [-0.39, 0.29) is 11.3 Å². The molecule has 2 N–H and O–H groups in total. The molecule has 0 spiro atoms. The van der Waals surface area contributed by atoms with Crippen LogP contribution in [0.3, 0.4) is 0 Å². The standard InChI is InChI=1S/C16H10F3N3O4/c1-8-2-12(16(17,18)19)11(7-21-8)10(6-20)3-9-4-13(22(25)26)15(24)14(23)5-9/h2-5,7,23-24H,1H3/b10-3+. The van der Waals surface area contributed by atoms with Gasteiger partial charge in [-0.1, -0.05) is 0 Å². The minimum Gasteiger partial charge on any atom is -0.504 e. The third-order valence-electron chi connectivity index (χ3n) is 3.36. The van der Waals surface area contributed by atoms with Gasteiger partial charge in [0.1, 0.15) is 0 Å². The Morgan fingerprint density at radius 3 is 2.54 bits per heavy atom. The molecule has 0 radical (unpaired) electrons. The van der Waals surface area contributed by atoms with Crippen molar-refractivity contribution in [3.63, 3.8) is 0 Å². The van der Waals surface area contributed by atoms with Crippen LogP contribution in [-0.4, -0.2) is 20.1 Å². The maximum atomic E-state index is 13.2. The van der Waals surface area contributed by atoms with Crippen LogP contribution >= 0.6 is 0 Å². The van der Waals surface area contributed by atoms with Crippen molar-refractivity contribution in [2.75, 3.05) is 0 Å². The van der Waals surface area contributed by atoms with E-state index in [1.807, 2.05) is 0 Å². The van der Waals surface area contributed by atoms with Gasteiger partial charge < -0.3 is 10.2 Å². The van der Waals surface area contributed by atoms with Crippen LogP contribution in [0.25, 0.3) is 11.6 Å². The number of rotatable bonds is 3. The molecule has 1 aromatic carbocycles. The molecule has 0 atom stereocenters. The number of benzene rings is 1. The highest BCUT2D eigenvalue weighted by Crippen LogP contribution is 2.38. The second-order valence-corrected chi connectivity index (χ2v) is 5.20. The van der Waals surface area contributed by atoms with Gasteiger partial charge in [-0.05, 0) is 30.7 Å². The average Bonchev–Trinajstić information content (AvgIpc) is 2.54. The van der Waals surface area contributed by atoms with E-state index in [0.29, 0.717) is 0 Å². The Balaban J connectivity index is 2.68. The highest BCUT2D eigenvalue weighted by atomic mass is 19.4. The number of hydrogen-bond donors (Lipinski definition) is 2. The van der Waals surface area contributed by atoms with Gasteiger partial charge >= 0.3 is 11.9 Å². The zero-order chi connectivity index (χ0) is 19.6. The third-order valence-corrected chi connectivity index (χ3v) is 3.36. The van der Waals surface area contributed by atoms with Crippen LogP contribution in [0.4, 0.5) is 18.9 Å². The lowest BCUT2D eigenvalue weighted by molar-refractivity contribution is -0.386. The monoisotopic (exact) mass is 365 g/mol. The van der Waals surface area contributed by atoms with Gasteiger partial charge in [0, 0.05) is 23.5 Å². The van der Waals surface area contributed by atoms with Gasteiger partial charge in [-0.25, -0.2) is 0 Å².